The van der Waals surface area contributed by atoms with Crippen molar-refractivity contribution in [1.82, 2.24) is 10.2 Å². The first-order chi connectivity index (χ1) is 4.22. The fourth-order valence-electron chi connectivity index (χ4n) is 0.283. The third-order valence-electron chi connectivity index (χ3n) is 0.979. The highest BCUT2D eigenvalue weighted by Crippen LogP contribution is 1.78. The summed E-state index contributed by atoms with van der Waals surface area (Å²) < 4.78 is 0. The molecular formula is C5H9N2O2. The highest BCUT2D eigenvalue weighted by atomic mass is 16.2. The van der Waals surface area contributed by atoms with E-state index < -0.39 is 6.03 Å². The van der Waals surface area contributed by atoms with Gasteiger partial charge in [-0.1, -0.05) is 0 Å². The summed E-state index contributed by atoms with van der Waals surface area (Å²) in [7, 11) is 1.59. The molecule has 1 radical (unpaired) electrons. The van der Waals surface area contributed by atoms with Crippen molar-refractivity contribution in [1.29, 1.82) is 0 Å². The SMILES string of the molecule is CCN(C)C(=O)N[C]=O. The summed E-state index contributed by atoms with van der Waals surface area (Å²) in [6.45, 7) is 2.39. The summed E-state index contributed by atoms with van der Waals surface area (Å²) in [6.07, 6.45) is 1.29. The fourth-order valence-corrected chi connectivity index (χ4v) is 0.283. The topological polar surface area (TPSA) is 49.4 Å². The van der Waals surface area contributed by atoms with Gasteiger partial charge < -0.3 is 4.90 Å². The van der Waals surface area contributed by atoms with E-state index in [0.29, 0.717) is 6.54 Å². The minimum absolute atomic E-state index is 0.424. The molecule has 0 heterocycles. The van der Waals surface area contributed by atoms with Gasteiger partial charge in [-0.2, -0.15) is 0 Å². The van der Waals surface area contributed by atoms with Gasteiger partial charge in [0.2, 0.25) is 0 Å². The van der Waals surface area contributed by atoms with Crippen LogP contribution in [0.15, 0.2) is 0 Å². The van der Waals surface area contributed by atoms with Crippen LogP contribution in [0.3, 0.4) is 0 Å². The monoisotopic (exact) mass is 129 g/mol. The van der Waals surface area contributed by atoms with Crippen LogP contribution in [0.1, 0.15) is 6.92 Å². The number of amides is 3. The summed E-state index contributed by atoms with van der Waals surface area (Å²) in [5, 5.41) is 1.88. The minimum atomic E-state index is -0.424. The van der Waals surface area contributed by atoms with Crippen molar-refractivity contribution in [2.45, 2.75) is 6.92 Å². The Morgan fingerprint density at radius 1 is 1.78 bits per heavy atom. The predicted molar refractivity (Wildman–Crippen MR) is 32.5 cm³/mol. The molecule has 0 aliphatic rings. The van der Waals surface area contributed by atoms with Crippen LogP contribution in [0.25, 0.3) is 0 Å². The van der Waals surface area contributed by atoms with Gasteiger partial charge in [0.1, 0.15) is 0 Å². The van der Waals surface area contributed by atoms with Crippen LogP contribution in [-0.4, -0.2) is 30.9 Å². The van der Waals surface area contributed by atoms with E-state index in [-0.39, 0.29) is 0 Å². The van der Waals surface area contributed by atoms with Crippen LogP contribution in [0.2, 0.25) is 0 Å². The van der Waals surface area contributed by atoms with Crippen molar-refractivity contribution in [2.75, 3.05) is 13.6 Å². The molecule has 0 rings (SSSR count). The highest BCUT2D eigenvalue weighted by Gasteiger charge is 2.02. The van der Waals surface area contributed by atoms with E-state index in [2.05, 4.69) is 0 Å². The average Bonchev–Trinajstić information content (AvgIpc) is 1.87. The summed E-state index contributed by atoms with van der Waals surface area (Å²) in [5.41, 5.74) is 0. The van der Waals surface area contributed by atoms with Gasteiger partial charge in [0, 0.05) is 13.6 Å². The van der Waals surface area contributed by atoms with Gasteiger partial charge in [0.15, 0.2) is 0 Å². The van der Waals surface area contributed by atoms with Crippen LogP contribution < -0.4 is 5.32 Å². The van der Waals surface area contributed by atoms with Gasteiger partial charge >= 0.3 is 12.4 Å². The first-order valence-electron chi connectivity index (χ1n) is 2.60. The average molecular weight is 129 g/mol. The number of nitrogens with one attached hydrogen (secondary N) is 1. The number of nitrogens with zero attached hydrogens (tertiary/aromatic N) is 1. The van der Waals surface area contributed by atoms with Crippen LogP contribution >= 0.6 is 0 Å². The van der Waals surface area contributed by atoms with Crippen molar-refractivity contribution < 1.29 is 9.59 Å². The molecule has 0 fully saturated rings. The van der Waals surface area contributed by atoms with E-state index in [9.17, 15) is 9.59 Å². The Morgan fingerprint density at radius 3 is 2.67 bits per heavy atom. The molecule has 0 aliphatic heterocycles. The van der Waals surface area contributed by atoms with Gasteiger partial charge in [0.05, 0.1) is 0 Å². The molecule has 51 valence electrons. The second kappa shape index (κ2) is 3.88. The summed E-state index contributed by atoms with van der Waals surface area (Å²) in [4.78, 5) is 21.4. The molecular weight excluding hydrogens is 120 g/mol. The molecule has 9 heavy (non-hydrogen) atoms. The second-order valence-corrected chi connectivity index (χ2v) is 1.55. The maximum atomic E-state index is 10.5. The number of carbonyl (C=O) groups is 1. The summed E-state index contributed by atoms with van der Waals surface area (Å²) in [5.74, 6) is 0. The molecule has 0 unspecified atom stereocenters. The lowest BCUT2D eigenvalue weighted by atomic mass is 10.6. The zero-order valence-electron chi connectivity index (χ0n) is 5.47. The molecule has 3 amide bonds. The highest BCUT2D eigenvalue weighted by molar-refractivity contribution is 5.84. The largest absolute Gasteiger partial charge is 0.328 e. The van der Waals surface area contributed by atoms with Crippen molar-refractivity contribution in [3.63, 3.8) is 0 Å². The Bertz CT molecular complexity index is 114. The van der Waals surface area contributed by atoms with Gasteiger partial charge in [-0.25, -0.2) is 4.79 Å². The molecule has 0 atom stereocenters. The molecule has 1 N–H and O–H groups in total. The number of imide groups is 1. The first kappa shape index (κ1) is 7.94. The summed E-state index contributed by atoms with van der Waals surface area (Å²) >= 11 is 0. The van der Waals surface area contributed by atoms with Crippen molar-refractivity contribution >= 4 is 12.4 Å². The Labute approximate surface area is 53.8 Å². The Hall–Kier alpha value is -1.06. The number of carbonyl (C=O) groups excluding carboxylic acids is 2. The smallest absolute Gasteiger partial charge is 0.324 e. The predicted octanol–water partition coefficient (Wildman–Crippen LogP) is -0.285. The Morgan fingerprint density at radius 2 is 2.33 bits per heavy atom. The van der Waals surface area contributed by atoms with Crippen LogP contribution in [0.5, 0.6) is 0 Å². The third kappa shape index (κ3) is 2.69. The minimum Gasteiger partial charge on any atom is -0.328 e. The van der Waals surface area contributed by atoms with Crippen molar-refractivity contribution in [3.8, 4) is 0 Å². The normalized spacial score (nSPS) is 8.22. The maximum absolute atomic E-state index is 10.5. The van der Waals surface area contributed by atoms with E-state index in [0.717, 1.165) is 0 Å². The van der Waals surface area contributed by atoms with Crippen LogP contribution in [-0.2, 0) is 4.79 Å². The van der Waals surface area contributed by atoms with E-state index in [4.69, 9.17) is 0 Å². The Balaban J connectivity index is 3.58. The lowest BCUT2D eigenvalue weighted by Crippen LogP contribution is -2.35. The molecule has 0 bridgehead atoms. The van der Waals surface area contributed by atoms with E-state index in [1.165, 1.54) is 11.3 Å². The van der Waals surface area contributed by atoms with E-state index in [1.807, 2.05) is 12.2 Å². The quantitative estimate of drug-likeness (QED) is 0.521. The molecule has 0 aromatic rings. The van der Waals surface area contributed by atoms with Crippen LogP contribution in [0, 0.1) is 0 Å². The number of hydrogen-bond donors (Lipinski definition) is 1. The van der Waals surface area contributed by atoms with Crippen molar-refractivity contribution in [3.05, 3.63) is 0 Å². The molecule has 0 aromatic carbocycles. The molecule has 0 spiro atoms. The lowest BCUT2D eigenvalue weighted by Gasteiger charge is -2.11. The zero-order chi connectivity index (χ0) is 7.28. The van der Waals surface area contributed by atoms with Gasteiger partial charge in [-0.05, 0) is 6.92 Å². The van der Waals surface area contributed by atoms with Crippen molar-refractivity contribution in [2.24, 2.45) is 0 Å². The number of hydrogen-bond acceptors (Lipinski definition) is 2. The number of urea groups is 1. The number of rotatable bonds is 2. The van der Waals surface area contributed by atoms with Crippen LogP contribution in [0.4, 0.5) is 4.79 Å². The maximum Gasteiger partial charge on any atom is 0.324 e. The molecule has 0 saturated carbocycles. The Kier molecular flexibility index (Phi) is 3.43. The van der Waals surface area contributed by atoms with Gasteiger partial charge in [-0.3, -0.25) is 10.1 Å². The molecule has 4 nitrogen and oxygen atoms in total. The van der Waals surface area contributed by atoms with E-state index >= 15 is 0 Å². The van der Waals surface area contributed by atoms with Gasteiger partial charge in [-0.15, -0.1) is 0 Å². The lowest BCUT2D eigenvalue weighted by molar-refractivity contribution is 0.216. The molecule has 0 aromatic heterocycles. The standard InChI is InChI=1S/C5H9N2O2/c1-3-7(2)5(9)6-4-8/h3H2,1-2H3,(H,6,8,9). The molecule has 0 aliphatic carbocycles. The molecule has 0 saturated heterocycles. The summed E-state index contributed by atoms with van der Waals surface area (Å²) in [6, 6.07) is -0.424. The van der Waals surface area contributed by atoms with E-state index in [1.54, 1.807) is 7.05 Å². The zero-order valence-corrected chi connectivity index (χ0v) is 5.47. The fraction of sp³-hybridized carbons (Fsp3) is 0.600. The molecule has 4 heteroatoms. The van der Waals surface area contributed by atoms with Gasteiger partial charge in [0.25, 0.3) is 0 Å². The third-order valence-corrected chi connectivity index (χ3v) is 0.979. The second-order valence-electron chi connectivity index (χ2n) is 1.55. The first-order valence-corrected chi connectivity index (χ1v) is 2.60.